The van der Waals surface area contributed by atoms with E-state index >= 15 is 0 Å². The molecule has 4 nitrogen and oxygen atoms in total. The Balaban J connectivity index is 3.52. The number of rotatable bonds is 23. The van der Waals surface area contributed by atoms with Gasteiger partial charge in [-0.2, -0.15) is 0 Å². The highest BCUT2D eigenvalue weighted by molar-refractivity contribution is 5.79. The van der Waals surface area contributed by atoms with Crippen molar-refractivity contribution in [3.8, 4) is 0 Å². The lowest BCUT2D eigenvalue weighted by Gasteiger charge is -2.13. The number of carbonyl (C=O) groups is 2. The number of esters is 1. The van der Waals surface area contributed by atoms with Crippen molar-refractivity contribution in [1.29, 1.82) is 0 Å². The number of carboxylic acids is 1. The van der Waals surface area contributed by atoms with Crippen molar-refractivity contribution in [2.75, 3.05) is 6.61 Å². The zero-order chi connectivity index (χ0) is 23.0. The second-order valence-corrected chi connectivity index (χ2v) is 8.90. The fraction of sp³-hybridized carbons (Fsp3) is 0.852. The number of carbonyl (C=O) groups excluding carboxylic acids is 1. The molecule has 0 aromatic rings. The normalized spacial score (nSPS) is 12.3. The summed E-state index contributed by atoms with van der Waals surface area (Å²) in [4.78, 5) is 22.9. The number of hydrogen-bond acceptors (Lipinski definition) is 3. The Bertz CT molecular complexity index is 445. The number of ether oxygens (including phenoxy) is 1. The van der Waals surface area contributed by atoms with E-state index in [1.165, 1.54) is 77.0 Å². The fourth-order valence-corrected chi connectivity index (χ4v) is 3.83. The summed E-state index contributed by atoms with van der Waals surface area (Å²) in [5, 5.41) is 9.00. The molecule has 0 aromatic carbocycles. The van der Waals surface area contributed by atoms with Gasteiger partial charge in [0.1, 0.15) is 0 Å². The van der Waals surface area contributed by atoms with Crippen LogP contribution < -0.4 is 0 Å². The number of allylic oxidation sites excluding steroid dienone is 2. The number of unbranched alkanes of at least 4 members (excludes halogenated alkanes) is 14. The van der Waals surface area contributed by atoms with Crippen LogP contribution in [-0.4, -0.2) is 23.7 Å². The second kappa shape index (κ2) is 23.3. The standard InChI is InChI=1S/C27H50O4/c1-3-5-6-7-8-9-10-11-12-13-14-15-16-17-18-19-20-21-22-25(24-26(28)29)27(30)31-23-4-2/h14-15,25H,3-13,16-24H2,1-2H3,(H,28,29)/b15-14+. The number of hydrogen-bond donors (Lipinski definition) is 1. The molecule has 1 unspecified atom stereocenters. The molecule has 31 heavy (non-hydrogen) atoms. The average molecular weight is 439 g/mol. The van der Waals surface area contributed by atoms with E-state index in [0.717, 1.165) is 32.1 Å². The zero-order valence-electron chi connectivity index (χ0n) is 20.5. The first-order valence-corrected chi connectivity index (χ1v) is 13.1. The summed E-state index contributed by atoms with van der Waals surface area (Å²) < 4.78 is 5.13. The maximum atomic E-state index is 12.0. The van der Waals surface area contributed by atoms with E-state index in [-0.39, 0.29) is 12.4 Å². The molecule has 0 spiro atoms. The van der Waals surface area contributed by atoms with Crippen LogP contribution in [0, 0.1) is 5.92 Å². The van der Waals surface area contributed by atoms with Crippen molar-refractivity contribution in [2.24, 2.45) is 5.92 Å². The van der Waals surface area contributed by atoms with Gasteiger partial charge in [0, 0.05) is 0 Å². The molecule has 0 radical (unpaired) electrons. The van der Waals surface area contributed by atoms with Crippen LogP contribution in [0.3, 0.4) is 0 Å². The third-order valence-electron chi connectivity index (χ3n) is 5.77. The molecule has 4 heteroatoms. The number of aliphatic carboxylic acids is 1. The summed E-state index contributed by atoms with van der Waals surface area (Å²) in [5.41, 5.74) is 0. The van der Waals surface area contributed by atoms with Crippen LogP contribution in [-0.2, 0) is 14.3 Å². The molecule has 0 fully saturated rings. The SMILES string of the molecule is CCCCCCCCCCC/C=C/CCCCCCCC(CC(=O)O)C(=O)OCCC. The number of carboxylic acid groups (broad SMARTS) is 1. The van der Waals surface area contributed by atoms with Crippen molar-refractivity contribution in [2.45, 2.75) is 136 Å². The summed E-state index contributed by atoms with van der Waals surface area (Å²) in [6, 6.07) is 0. The Morgan fingerprint density at radius 3 is 1.68 bits per heavy atom. The highest BCUT2D eigenvalue weighted by Crippen LogP contribution is 2.17. The smallest absolute Gasteiger partial charge is 0.309 e. The van der Waals surface area contributed by atoms with E-state index in [9.17, 15) is 9.59 Å². The molecule has 0 rings (SSSR count). The Hall–Kier alpha value is -1.32. The van der Waals surface area contributed by atoms with Crippen molar-refractivity contribution in [3.63, 3.8) is 0 Å². The van der Waals surface area contributed by atoms with Crippen LogP contribution in [0.25, 0.3) is 0 Å². The fourth-order valence-electron chi connectivity index (χ4n) is 3.83. The molecule has 0 aliphatic heterocycles. The summed E-state index contributed by atoms with van der Waals surface area (Å²) >= 11 is 0. The van der Waals surface area contributed by atoms with Gasteiger partial charge in [-0.1, -0.05) is 103 Å². The summed E-state index contributed by atoms with van der Waals surface area (Å²) in [6.07, 6.45) is 26.3. The van der Waals surface area contributed by atoms with Gasteiger partial charge in [0.15, 0.2) is 0 Å². The third-order valence-corrected chi connectivity index (χ3v) is 5.77. The van der Waals surface area contributed by atoms with E-state index < -0.39 is 11.9 Å². The Kier molecular flexibility index (Phi) is 22.4. The molecule has 0 bridgehead atoms. The van der Waals surface area contributed by atoms with Gasteiger partial charge >= 0.3 is 11.9 Å². The first-order chi connectivity index (χ1) is 15.1. The maximum absolute atomic E-state index is 12.0. The monoisotopic (exact) mass is 438 g/mol. The highest BCUT2D eigenvalue weighted by atomic mass is 16.5. The van der Waals surface area contributed by atoms with Gasteiger partial charge < -0.3 is 9.84 Å². The topological polar surface area (TPSA) is 63.6 Å². The van der Waals surface area contributed by atoms with E-state index in [4.69, 9.17) is 9.84 Å². The van der Waals surface area contributed by atoms with Crippen LogP contribution in [0.4, 0.5) is 0 Å². The van der Waals surface area contributed by atoms with E-state index in [0.29, 0.717) is 13.0 Å². The lowest BCUT2D eigenvalue weighted by atomic mass is 9.97. The van der Waals surface area contributed by atoms with Gasteiger partial charge in [-0.25, -0.2) is 0 Å². The zero-order valence-corrected chi connectivity index (χ0v) is 20.5. The van der Waals surface area contributed by atoms with E-state index in [2.05, 4.69) is 19.1 Å². The van der Waals surface area contributed by atoms with Crippen molar-refractivity contribution < 1.29 is 19.4 Å². The molecule has 0 saturated heterocycles. The minimum absolute atomic E-state index is 0.119. The lowest BCUT2D eigenvalue weighted by Crippen LogP contribution is -2.21. The Morgan fingerprint density at radius 1 is 0.710 bits per heavy atom. The molecular formula is C27H50O4. The van der Waals surface area contributed by atoms with Crippen LogP contribution in [0.5, 0.6) is 0 Å². The summed E-state index contributed by atoms with van der Waals surface area (Å²) in [7, 11) is 0. The summed E-state index contributed by atoms with van der Waals surface area (Å²) in [6.45, 7) is 4.58. The van der Waals surface area contributed by atoms with Gasteiger partial charge in [-0.05, 0) is 38.5 Å². The predicted molar refractivity (Wildman–Crippen MR) is 130 cm³/mol. The van der Waals surface area contributed by atoms with Gasteiger partial charge in [0.2, 0.25) is 0 Å². The largest absolute Gasteiger partial charge is 0.481 e. The second-order valence-electron chi connectivity index (χ2n) is 8.90. The molecule has 0 aromatic heterocycles. The molecular weight excluding hydrogens is 388 g/mol. The summed E-state index contributed by atoms with van der Waals surface area (Å²) in [5.74, 6) is -1.76. The molecule has 1 atom stereocenters. The molecule has 0 heterocycles. The van der Waals surface area contributed by atoms with Gasteiger partial charge in [-0.3, -0.25) is 9.59 Å². The molecule has 182 valence electrons. The predicted octanol–water partition coefficient (Wildman–Crippen LogP) is 8.24. The first-order valence-electron chi connectivity index (χ1n) is 13.1. The van der Waals surface area contributed by atoms with Crippen molar-refractivity contribution in [3.05, 3.63) is 12.2 Å². The molecule has 0 amide bonds. The molecule has 0 aliphatic rings. The van der Waals surface area contributed by atoms with Crippen LogP contribution in [0.2, 0.25) is 0 Å². The first kappa shape index (κ1) is 29.7. The average Bonchev–Trinajstić information content (AvgIpc) is 2.75. The highest BCUT2D eigenvalue weighted by Gasteiger charge is 2.22. The van der Waals surface area contributed by atoms with Crippen molar-refractivity contribution in [1.82, 2.24) is 0 Å². The van der Waals surface area contributed by atoms with Gasteiger partial charge in [0.25, 0.3) is 0 Å². The van der Waals surface area contributed by atoms with Gasteiger partial charge in [0.05, 0.1) is 18.9 Å². The molecule has 0 aliphatic carbocycles. The minimum atomic E-state index is -0.923. The Labute approximate surface area is 192 Å². The lowest BCUT2D eigenvalue weighted by molar-refractivity contribution is -0.153. The molecule has 0 saturated carbocycles. The van der Waals surface area contributed by atoms with E-state index in [1.807, 2.05) is 6.92 Å². The van der Waals surface area contributed by atoms with E-state index in [1.54, 1.807) is 0 Å². The van der Waals surface area contributed by atoms with Crippen molar-refractivity contribution >= 4 is 11.9 Å². The van der Waals surface area contributed by atoms with Gasteiger partial charge in [-0.15, -0.1) is 0 Å². The Morgan fingerprint density at radius 2 is 1.19 bits per heavy atom. The van der Waals surface area contributed by atoms with Crippen LogP contribution >= 0.6 is 0 Å². The quantitative estimate of drug-likeness (QED) is 0.0991. The maximum Gasteiger partial charge on any atom is 0.309 e. The molecule has 1 N–H and O–H groups in total. The van der Waals surface area contributed by atoms with Crippen LogP contribution in [0.15, 0.2) is 12.2 Å². The minimum Gasteiger partial charge on any atom is -0.481 e. The third kappa shape index (κ3) is 21.7. The van der Waals surface area contributed by atoms with Crippen LogP contribution in [0.1, 0.15) is 136 Å².